The number of methoxy groups -OCH3 is 5. The average Bonchev–Trinajstić information content (AvgIpc) is 1.62. The van der Waals surface area contributed by atoms with E-state index in [1.165, 1.54) is 186 Å². The minimum atomic E-state index is 0.00366. The summed E-state index contributed by atoms with van der Waals surface area (Å²) in [6, 6.07) is 34.2. The maximum absolute atomic E-state index is 6.21. The molecule has 6 aliphatic rings. The molecule has 4 aromatic rings. The predicted molar refractivity (Wildman–Crippen MR) is 452 cm³/mol. The van der Waals surface area contributed by atoms with E-state index in [4.69, 9.17) is 42.6 Å². The third kappa shape index (κ3) is 38.3. The van der Waals surface area contributed by atoms with Crippen LogP contribution in [0.25, 0.3) is 22.3 Å². The van der Waals surface area contributed by atoms with Gasteiger partial charge in [-0.3, -0.25) is 0 Å². The van der Waals surface area contributed by atoms with Gasteiger partial charge in [0.1, 0.15) is 12.2 Å². The average molecular weight is 1460 g/mol. The first kappa shape index (κ1) is 97.6. The van der Waals surface area contributed by atoms with Crippen molar-refractivity contribution in [2.45, 2.75) is 386 Å². The van der Waals surface area contributed by atoms with E-state index in [0.29, 0.717) is 66.6 Å². The molecule has 0 spiro atoms. The molecule has 9 unspecified atom stereocenters. The summed E-state index contributed by atoms with van der Waals surface area (Å²) >= 11 is 0. The van der Waals surface area contributed by atoms with Crippen LogP contribution in [0.3, 0.4) is 0 Å². The molecule has 0 aliphatic heterocycles. The lowest BCUT2D eigenvalue weighted by Crippen LogP contribution is -2.28. The fraction of sp³-hybridized carbons (Fsp3) is 0.750. The molecule has 604 valence electrons. The van der Waals surface area contributed by atoms with E-state index in [1.54, 1.807) is 7.11 Å². The summed E-state index contributed by atoms with van der Waals surface area (Å²) in [6.07, 6.45) is 36.2. The van der Waals surface area contributed by atoms with Crippen LogP contribution in [0.4, 0.5) is 0 Å². The van der Waals surface area contributed by atoms with Crippen LogP contribution in [0, 0.1) is 47.3 Å². The molecule has 0 bridgehead atoms. The van der Waals surface area contributed by atoms with Gasteiger partial charge in [0.25, 0.3) is 0 Å². The van der Waals surface area contributed by atoms with Crippen molar-refractivity contribution < 1.29 is 42.6 Å². The summed E-state index contributed by atoms with van der Waals surface area (Å²) < 4.78 is 49.9. The maximum atomic E-state index is 6.21. The summed E-state index contributed by atoms with van der Waals surface area (Å²) in [4.78, 5) is 0. The summed E-state index contributed by atoms with van der Waals surface area (Å²) in [7, 11) is 9.06. The Kier molecular flexibility index (Phi) is 51.1. The molecule has 0 radical (unpaired) electrons. The van der Waals surface area contributed by atoms with Gasteiger partial charge in [-0.2, -0.15) is 0 Å². The smallest absolute Gasteiger partial charge is 0.109 e. The van der Waals surface area contributed by atoms with Gasteiger partial charge in [-0.15, -0.1) is 0 Å². The van der Waals surface area contributed by atoms with Crippen LogP contribution in [-0.4, -0.2) is 102 Å². The highest BCUT2D eigenvalue weighted by Gasteiger charge is 2.32. The van der Waals surface area contributed by atoms with Crippen LogP contribution in [0.15, 0.2) is 97.1 Å². The van der Waals surface area contributed by atoms with Gasteiger partial charge in [0, 0.05) is 35.5 Å². The zero-order valence-corrected chi connectivity index (χ0v) is 73.2. The molecule has 0 amide bonds. The molecule has 9 atom stereocenters. The number of hydrogen-bond acceptors (Lipinski definition) is 9. The lowest BCUT2D eigenvalue weighted by molar-refractivity contribution is -0.0698. The molecule has 10 rings (SSSR count). The Balaban J connectivity index is 0.000000407. The molecule has 4 aromatic carbocycles. The molecule has 9 heteroatoms. The number of fused-ring (bicyclic) bond motifs is 6. The van der Waals surface area contributed by atoms with Crippen LogP contribution < -0.4 is 0 Å². The topological polar surface area (TPSA) is 83.1 Å². The van der Waals surface area contributed by atoms with Crippen LogP contribution in [-0.2, 0) is 42.6 Å². The van der Waals surface area contributed by atoms with Gasteiger partial charge in [0.15, 0.2) is 0 Å². The molecule has 0 heterocycles. The lowest BCUT2D eigenvalue weighted by atomic mass is 9.86. The number of rotatable bonds is 21. The Morgan fingerprint density at radius 3 is 0.790 bits per heavy atom. The first-order valence-corrected chi connectivity index (χ1v) is 42.6. The molecule has 4 fully saturated rings. The Labute approximate surface area is 649 Å². The van der Waals surface area contributed by atoms with Crippen LogP contribution in [0.1, 0.15) is 341 Å². The van der Waals surface area contributed by atoms with Crippen molar-refractivity contribution in [1.29, 1.82) is 0 Å². The summed E-state index contributed by atoms with van der Waals surface area (Å²) in [6.45, 7) is 49.4. The Bertz CT molecular complexity index is 2620. The molecular formula is C96H166O9. The third-order valence-corrected chi connectivity index (χ3v) is 23.2. The van der Waals surface area contributed by atoms with E-state index in [1.807, 2.05) is 28.4 Å². The van der Waals surface area contributed by atoms with E-state index in [0.717, 1.165) is 36.0 Å². The minimum Gasteiger partial charge on any atom is -0.381 e. The number of benzene rings is 4. The highest BCUT2D eigenvalue weighted by atomic mass is 16.5. The highest BCUT2D eigenvalue weighted by Crippen LogP contribution is 2.47. The molecule has 0 aromatic heterocycles. The Hall–Kier alpha value is -3.48. The molecule has 9 nitrogen and oxygen atoms in total. The van der Waals surface area contributed by atoms with Crippen molar-refractivity contribution in [1.82, 2.24) is 0 Å². The van der Waals surface area contributed by atoms with Crippen molar-refractivity contribution in [2.75, 3.05) is 35.5 Å². The monoisotopic (exact) mass is 1460 g/mol. The summed E-state index contributed by atoms with van der Waals surface area (Å²) in [5.41, 5.74) is 10.5. The SMILES string of the molecule is CC(C)C(C)OC(C)(C)C.CC(C)OC(C)C(C)C.CC(C)OC1c2ccccc2-c2ccccc21.CCC(C)OC1c2ccccc2-c2ccccc21.COC(C)C(C)C(C)C.COC(C)C1CCCC1.COC(C)C1CCCCC1.COC(C)C1CCCCCC1.COC(C)C1CCCCCCC1. The first-order chi connectivity index (χ1) is 49.9. The fourth-order valence-electron chi connectivity index (χ4n) is 14.7. The molecule has 105 heavy (non-hydrogen) atoms. The number of hydrogen-bond donors (Lipinski definition) is 0. The first-order valence-electron chi connectivity index (χ1n) is 42.6. The zero-order chi connectivity index (χ0) is 78.6. The van der Waals surface area contributed by atoms with E-state index in [-0.39, 0.29) is 30.0 Å². The van der Waals surface area contributed by atoms with E-state index in [9.17, 15) is 0 Å². The normalized spacial score (nSPS) is 19.0. The predicted octanol–water partition coefficient (Wildman–Crippen LogP) is 27.6. The van der Waals surface area contributed by atoms with E-state index >= 15 is 0 Å². The van der Waals surface area contributed by atoms with Crippen molar-refractivity contribution in [3.8, 4) is 22.3 Å². The van der Waals surface area contributed by atoms with Gasteiger partial charge in [0.05, 0.1) is 66.6 Å². The van der Waals surface area contributed by atoms with Crippen molar-refractivity contribution >= 4 is 0 Å². The Morgan fingerprint density at radius 2 is 0.581 bits per heavy atom. The van der Waals surface area contributed by atoms with Gasteiger partial charge < -0.3 is 42.6 Å². The van der Waals surface area contributed by atoms with Gasteiger partial charge >= 0.3 is 0 Å². The van der Waals surface area contributed by atoms with Crippen LogP contribution in [0.5, 0.6) is 0 Å². The van der Waals surface area contributed by atoms with Gasteiger partial charge in [-0.25, -0.2) is 0 Å². The van der Waals surface area contributed by atoms with E-state index in [2.05, 4.69) is 256 Å². The minimum absolute atomic E-state index is 0.00366. The summed E-state index contributed by atoms with van der Waals surface area (Å²) in [5.74, 6) is 5.99. The molecule has 4 saturated carbocycles. The standard InChI is InChI=1S/C17H18O.C16H16O.C11H22O.C10H20O.C9H18O.C9H20O.C8H16O.2C8H18O/c1-3-12(2)18-17-15-10-6-4-8-13(15)14-9-5-7-11-16(14)17;1-11(2)17-16-14-9-5-3-7-12(14)13-8-4-6-10-15(13)16;1-10(12-2)11-8-6-4-3-5-7-9-11;1-9(11-2)10-7-5-3-4-6-8-10;1-8(10-2)9-6-4-3-5-7-9;1-7(2)8(3)10-9(4,5)6;1-7(9-2)8-5-3-4-6-8;1-6(2)7(3)8(4)9-5;1-6(2)8(5)9-7(3)4/h4-12,17H,3H2,1-2H3;3-11,16H,1-2H3;10-11H,3-9H2,1-2H3;9-10H,3-8H2,1-2H3;8-9H,3-7H2,1-2H3;7-8H,1-6H3;7-8H,3-6H2,1-2H3;2*6-8H,1-5H3. The zero-order valence-electron chi connectivity index (χ0n) is 73.2. The molecule has 6 aliphatic carbocycles. The fourth-order valence-corrected chi connectivity index (χ4v) is 14.7. The Morgan fingerprint density at radius 1 is 0.314 bits per heavy atom. The summed E-state index contributed by atoms with van der Waals surface area (Å²) in [5, 5.41) is 0. The molecule has 0 N–H and O–H groups in total. The second kappa shape index (κ2) is 55.0. The van der Waals surface area contributed by atoms with Gasteiger partial charge in [-0.05, 0) is 253 Å². The number of ether oxygens (including phenoxy) is 9. The quantitative estimate of drug-likeness (QED) is 0.0758. The van der Waals surface area contributed by atoms with Gasteiger partial charge in [0.2, 0.25) is 0 Å². The van der Waals surface area contributed by atoms with E-state index < -0.39 is 0 Å². The lowest BCUT2D eigenvalue weighted by Gasteiger charge is -2.27. The van der Waals surface area contributed by atoms with Crippen molar-refractivity contribution in [3.63, 3.8) is 0 Å². The second-order valence-corrected chi connectivity index (χ2v) is 34.1. The largest absolute Gasteiger partial charge is 0.381 e. The highest BCUT2D eigenvalue weighted by molar-refractivity contribution is 5.79. The van der Waals surface area contributed by atoms with Gasteiger partial charge in [-0.1, -0.05) is 242 Å². The maximum Gasteiger partial charge on any atom is 0.109 e. The molecule has 0 saturated heterocycles. The second-order valence-electron chi connectivity index (χ2n) is 34.1. The molecular weight excluding hydrogens is 1300 g/mol. The van der Waals surface area contributed by atoms with Crippen molar-refractivity contribution in [2.24, 2.45) is 47.3 Å². The van der Waals surface area contributed by atoms with Crippen LogP contribution >= 0.6 is 0 Å². The van der Waals surface area contributed by atoms with Crippen molar-refractivity contribution in [3.05, 3.63) is 119 Å². The third-order valence-electron chi connectivity index (χ3n) is 23.2. The van der Waals surface area contributed by atoms with Crippen LogP contribution in [0.2, 0.25) is 0 Å².